The van der Waals surface area contributed by atoms with E-state index >= 15 is 0 Å². The van der Waals surface area contributed by atoms with E-state index in [0.717, 1.165) is 0 Å². The Morgan fingerprint density at radius 1 is 1.47 bits per heavy atom. The molecule has 15 heavy (non-hydrogen) atoms. The maximum atomic E-state index is 11.5. The Bertz CT molecular complexity index is 603. The van der Waals surface area contributed by atoms with E-state index in [1.807, 2.05) is 0 Å². The Hall–Kier alpha value is -2.24. The van der Waals surface area contributed by atoms with E-state index in [9.17, 15) is 14.9 Å². The van der Waals surface area contributed by atoms with Gasteiger partial charge in [0.25, 0.3) is 11.2 Å². The first-order chi connectivity index (χ1) is 7.11. The van der Waals surface area contributed by atoms with E-state index in [1.54, 1.807) is 19.1 Å². The highest BCUT2D eigenvalue weighted by Gasteiger charge is 2.18. The van der Waals surface area contributed by atoms with Crippen molar-refractivity contribution in [3.63, 3.8) is 0 Å². The molecule has 0 bridgehead atoms. The van der Waals surface area contributed by atoms with Crippen LogP contribution in [0.25, 0.3) is 10.9 Å². The number of benzene rings is 1. The van der Waals surface area contributed by atoms with E-state index in [0.29, 0.717) is 11.1 Å². The van der Waals surface area contributed by atoms with Gasteiger partial charge in [-0.3, -0.25) is 14.9 Å². The smallest absolute Gasteiger partial charge is 0.287 e. The molecule has 1 aromatic carbocycles. The average molecular weight is 205 g/mol. The highest BCUT2D eigenvalue weighted by Crippen LogP contribution is 2.24. The number of aryl methyl sites for hydroxylation is 1. The zero-order chi connectivity index (χ0) is 11.0. The number of fused-ring (bicyclic) bond motifs is 1. The van der Waals surface area contributed by atoms with Gasteiger partial charge in [-0.2, -0.15) is 0 Å². The molecular weight excluding hydrogens is 198 g/mol. The van der Waals surface area contributed by atoms with Gasteiger partial charge in [-0.05, 0) is 13.0 Å². The molecule has 1 aromatic heterocycles. The summed E-state index contributed by atoms with van der Waals surface area (Å²) in [5.41, 5.74) is 0.110. The van der Waals surface area contributed by atoms with Crippen molar-refractivity contribution in [2.45, 2.75) is 6.92 Å². The van der Waals surface area contributed by atoms with Gasteiger partial charge in [0.2, 0.25) is 0 Å². The van der Waals surface area contributed by atoms with Crippen LogP contribution in [0.4, 0.5) is 5.69 Å². The van der Waals surface area contributed by atoms with E-state index in [4.69, 9.17) is 0 Å². The van der Waals surface area contributed by atoms with Crippen molar-refractivity contribution in [2.24, 2.45) is 0 Å². The number of aromatic nitrogens is 2. The van der Waals surface area contributed by atoms with Crippen LogP contribution >= 0.6 is 0 Å². The van der Waals surface area contributed by atoms with Gasteiger partial charge < -0.3 is 4.98 Å². The van der Waals surface area contributed by atoms with Gasteiger partial charge >= 0.3 is 0 Å². The molecule has 0 fully saturated rings. The minimum Gasteiger partial charge on any atom is -0.312 e. The third-order valence-corrected chi connectivity index (χ3v) is 2.17. The Labute approximate surface area is 83.7 Å². The maximum Gasteiger partial charge on any atom is 0.287 e. The molecular formula is C9H7N3O3. The Morgan fingerprint density at radius 3 is 2.87 bits per heavy atom. The van der Waals surface area contributed by atoms with Crippen LogP contribution in [0.5, 0.6) is 0 Å². The lowest BCUT2D eigenvalue weighted by molar-refractivity contribution is -0.383. The van der Waals surface area contributed by atoms with Crippen LogP contribution in [-0.2, 0) is 0 Å². The van der Waals surface area contributed by atoms with Crippen molar-refractivity contribution < 1.29 is 4.92 Å². The lowest BCUT2D eigenvalue weighted by atomic mass is 10.1. The van der Waals surface area contributed by atoms with E-state index in [1.165, 1.54) is 6.33 Å². The fourth-order valence-corrected chi connectivity index (χ4v) is 1.48. The summed E-state index contributed by atoms with van der Waals surface area (Å²) in [6.45, 7) is 1.59. The van der Waals surface area contributed by atoms with Gasteiger partial charge in [-0.1, -0.05) is 6.07 Å². The number of H-pyrrole nitrogens is 1. The van der Waals surface area contributed by atoms with Crippen molar-refractivity contribution in [3.05, 3.63) is 44.5 Å². The Balaban J connectivity index is 3.04. The van der Waals surface area contributed by atoms with Crippen LogP contribution in [0.2, 0.25) is 0 Å². The van der Waals surface area contributed by atoms with Crippen molar-refractivity contribution in [1.29, 1.82) is 0 Å². The highest BCUT2D eigenvalue weighted by atomic mass is 16.6. The topological polar surface area (TPSA) is 88.9 Å². The van der Waals surface area contributed by atoms with Gasteiger partial charge in [0.05, 0.1) is 16.8 Å². The predicted molar refractivity (Wildman–Crippen MR) is 53.8 cm³/mol. The van der Waals surface area contributed by atoms with Gasteiger partial charge in [-0.15, -0.1) is 0 Å². The summed E-state index contributed by atoms with van der Waals surface area (Å²) < 4.78 is 0. The minimum absolute atomic E-state index is 0.0301. The first-order valence-electron chi connectivity index (χ1n) is 4.22. The molecule has 0 aliphatic carbocycles. The molecule has 6 heteroatoms. The molecule has 0 aliphatic rings. The molecule has 0 amide bonds. The first-order valence-corrected chi connectivity index (χ1v) is 4.22. The van der Waals surface area contributed by atoms with Crippen LogP contribution in [0.3, 0.4) is 0 Å². The number of nitrogens with one attached hydrogen (secondary N) is 1. The third kappa shape index (κ3) is 1.35. The second-order valence-electron chi connectivity index (χ2n) is 3.11. The zero-order valence-corrected chi connectivity index (χ0v) is 7.85. The largest absolute Gasteiger partial charge is 0.312 e. The van der Waals surface area contributed by atoms with Gasteiger partial charge in [0.1, 0.15) is 5.39 Å². The van der Waals surface area contributed by atoms with Crippen molar-refractivity contribution in [3.8, 4) is 0 Å². The molecule has 0 aliphatic heterocycles. The van der Waals surface area contributed by atoms with Gasteiger partial charge in [-0.25, -0.2) is 4.98 Å². The standard InChI is InChI=1S/C9H7N3O3/c1-5-2-3-6-7(8(5)12(14)15)9(13)11-4-10-6/h2-4H,1H3,(H,10,11,13). The monoisotopic (exact) mass is 205 g/mol. The summed E-state index contributed by atoms with van der Waals surface area (Å²) in [6.07, 6.45) is 1.23. The van der Waals surface area contributed by atoms with Gasteiger partial charge in [0, 0.05) is 5.56 Å². The molecule has 0 saturated carbocycles. The number of nitro benzene ring substituents is 1. The first kappa shape index (κ1) is 9.32. The second-order valence-corrected chi connectivity index (χ2v) is 3.11. The minimum atomic E-state index is -0.561. The molecule has 6 nitrogen and oxygen atoms in total. The fraction of sp³-hybridized carbons (Fsp3) is 0.111. The van der Waals surface area contributed by atoms with Crippen molar-refractivity contribution in [1.82, 2.24) is 9.97 Å². The molecule has 0 saturated heterocycles. The van der Waals surface area contributed by atoms with Crippen molar-refractivity contribution in [2.75, 3.05) is 0 Å². The number of hydrogen-bond donors (Lipinski definition) is 1. The molecule has 0 spiro atoms. The zero-order valence-electron chi connectivity index (χ0n) is 7.85. The van der Waals surface area contributed by atoms with Crippen LogP contribution < -0.4 is 5.56 Å². The maximum absolute atomic E-state index is 11.5. The second kappa shape index (κ2) is 3.16. The highest BCUT2D eigenvalue weighted by molar-refractivity contribution is 5.88. The van der Waals surface area contributed by atoms with Crippen LogP contribution in [0, 0.1) is 17.0 Å². The number of nitro groups is 1. The number of hydrogen-bond acceptors (Lipinski definition) is 4. The molecule has 76 valence electrons. The Kier molecular flexibility index (Phi) is 1.96. The van der Waals surface area contributed by atoms with E-state index in [2.05, 4.69) is 9.97 Å². The summed E-state index contributed by atoms with van der Waals surface area (Å²) in [5.74, 6) is 0. The van der Waals surface area contributed by atoms with E-state index < -0.39 is 10.5 Å². The quantitative estimate of drug-likeness (QED) is 0.558. The number of nitrogens with zero attached hydrogens (tertiary/aromatic N) is 2. The molecule has 0 radical (unpaired) electrons. The molecule has 2 aromatic rings. The SMILES string of the molecule is Cc1ccc2nc[nH]c(=O)c2c1[N+](=O)[O-]. The van der Waals surface area contributed by atoms with E-state index in [-0.39, 0.29) is 11.1 Å². The lowest BCUT2D eigenvalue weighted by Crippen LogP contribution is -2.09. The van der Waals surface area contributed by atoms with Gasteiger partial charge in [0.15, 0.2) is 0 Å². The normalized spacial score (nSPS) is 10.5. The molecule has 1 heterocycles. The van der Waals surface area contributed by atoms with Crippen LogP contribution in [0.15, 0.2) is 23.3 Å². The van der Waals surface area contributed by atoms with Crippen LogP contribution in [0.1, 0.15) is 5.56 Å². The van der Waals surface area contributed by atoms with Crippen LogP contribution in [-0.4, -0.2) is 14.9 Å². The molecule has 2 rings (SSSR count). The average Bonchev–Trinajstić information content (AvgIpc) is 2.18. The summed E-state index contributed by atoms with van der Waals surface area (Å²) in [5, 5.41) is 10.8. The summed E-state index contributed by atoms with van der Waals surface area (Å²) in [6, 6.07) is 3.17. The third-order valence-electron chi connectivity index (χ3n) is 2.17. The summed E-state index contributed by atoms with van der Waals surface area (Å²) in [7, 11) is 0. The summed E-state index contributed by atoms with van der Waals surface area (Å²) >= 11 is 0. The molecule has 0 unspecified atom stereocenters. The van der Waals surface area contributed by atoms with Crippen molar-refractivity contribution >= 4 is 16.6 Å². The Morgan fingerprint density at radius 2 is 2.20 bits per heavy atom. The summed E-state index contributed by atoms with van der Waals surface area (Å²) in [4.78, 5) is 27.9. The number of rotatable bonds is 1. The lowest BCUT2D eigenvalue weighted by Gasteiger charge is -2.00. The molecule has 1 N–H and O–H groups in total. The predicted octanol–water partition coefficient (Wildman–Crippen LogP) is 1.14. The molecule has 0 atom stereocenters. The number of aromatic amines is 1. The fourth-order valence-electron chi connectivity index (χ4n) is 1.48.